The number of amides is 1. The molecule has 0 atom stereocenters. The number of hydrogen-bond donors (Lipinski definition) is 1. The predicted molar refractivity (Wildman–Crippen MR) is 142 cm³/mol. The Bertz CT molecular complexity index is 1310. The van der Waals surface area contributed by atoms with E-state index in [0.29, 0.717) is 28.2 Å². The van der Waals surface area contributed by atoms with Crippen molar-refractivity contribution in [3.63, 3.8) is 0 Å². The minimum atomic E-state index is 0.0327. The number of rotatable bonds is 5. The number of hydrogen-bond acceptors (Lipinski definition) is 4. The molecule has 2 heterocycles. The van der Waals surface area contributed by atoms with Gasteiger partial charge in [-0.25, -0.2) is 4.98 Å². The zero-order valence-corrected chi connectivity index (χ0v) is 20.8. The summed E-state index contributed by atoms with van der Waals surface area (Å²) in [6.07, 6.45) is 6.13. The molecular formula is C28H28ClN3OS. The summed E-state index contributed by atoms with van der Waals surface area (Å²) in [6.45, 7) is 2.86. The average molecular weight is 490 g/mol. The first kappa shape index (κ1) is 22.9. The second-order valence-corrected chi connectivity index (χ2v) is 10.7. The zero-order chi connectivity index (χ0) is 23.7. The van der Waals surface area contributed by atoms with Gasteiger partial charge < -0.3 is 10.6 Å². The van der Waals surface area contributed by atoms with E-state index in [1.807, 2.05) is 42.5 Å². The van der Waals surface area contributed by atoms with Crippen LogP contribution in [0.2, 0.25) is 5.02 Å². The number of nitrogens with two attached hydrogens (primary N) is 1. The lowest BCUT2D eigenvalue weighted by molar-refractivity contribution is 0.0598. The van der Waals surface area contributed by atoms with Gasteiger partial charge in [0.1, 0.15) is 10.7 Å². The van der Waals surface area contributed by atoms with Crippen molar-refractivity contribution in [3.8, 4) is 11.1 Å². The van der Waals surface area contributed by atoms with E-state index in [4.69, 9.17) is 17.3 Å². The lowest BCUT2D eigenvalue weighted by Gasteiger charge is -2.36. The van der Waals surface area contributed by atoms with Crippen LogP contribution in [0.15, 0.2) is 66.9 Å². The van der Waals surface area contributed by atoms with E-state index in [1.54, 1.807) is 6.20 Å². The van der Waals surface area contributed by atoms with Crippen molar-refractivity contribution in [2.24, 2.45) is 5.92 Å². The number of halogens is 1. The molecule has 2 aromatic heterocycles. The molecule has 0 unspecified atom stereocenters. The van der Waals surface area contributed by atoms with Crippen molar-refractivity contribution in [3.05, 3.63) is 82.3 Å². The number of aromatic nitrogens is 1. The molecule has 0 spiro atoms. The maximum Gasteiger partial charge on any atom is 0.266 e. The molecule has 34 heavy (non-hydrogen) atoms. The van der Waals surface area contributed by atoms with Crippen LogP contribution in [-0.2, 0) is 6.54 Å². The molecule has 6 heteroatoms. The van der Waals surface area contributed by atoms with E-state index in [9.17, 15) is 4.79 Å². The molecule has 0 radical (unpaired) electrons. The van der Waals surface area contributed by atoms with Gasteiger partial charge in [0.2, 0.25) is 0 Å². The standard InChI is InChI=1S/C28H28ClN3OS/c1-18-9-12-22(13-10-18)32(28(33)27-26(29)23-7-2-3-8-24(23)34-27)17-19-5-4-6-20(15-19)21-11-14-25(30)31-16-21/h2-8,11,14-16,18,22H,9-10,12-13,17H2,1H3,(H2,30,31)/t18-,22-. The summed E-state index contributed by atoms with van der Waals surface area (Å²) in [6, 6.07) is 20.3. The van der Waals surface area contributed by atoms with Crippen LogP contribution in [0, 0.1) is 5.92 Å². The normalized spacial score (nSPS) is 18.2. The third-order valence-corrected chi connectivity index (χ3v) is 8.48. The summed E-state index contributed by atoms with van der Waals surface area (Å²) >= 11 is 8.22. The first-order valence-electron chi connectivity index (χ1n) is 11.8. The Labute approximate surface area is 209 Å². The number of nitrogens with zero attached hydrogens (tertiary/aromatic N) is 2. The highest BCUT2D eigenvalue weighted by Crippen LogP contribution is 2.38. The van der Waals surface area contributed by atoms with E-state index >= 15 is 0 Å². The number of pyridine rings is 1. The molecule has 1 aliphatic carbocycles. The van der Waals surface area contributed by atoms with Gasteiger partial charge in [0.25, 0.3) is 5.91 Å². The number of thiophene rings is 1. The Balaban J connectivity index is 1.48. The quantitative estimate of drug-likeness (QED) is 0.317. The second-order valence-electron chi connectivity index (χ2n) is 9.26. The lowest BCUT2D eigenvalue weighted by Crippen LogP contribution is -2.41. The van der Waals surface area contributed by atoms with Crippen molar-refractivity contribution in [1.29, 1.82) is 0 Å². The van der Waals surface area contributed by atoms with E-state index in [-0.39, 0.29) is 11.9 Å². The van der Waals surface area contributed by atoms with Gasteiger partial charge in [-0.1, -0.05) is 54.9 Å². The molecule has 1 aliphatic rings. The number of anilines is 1. The number of carbonyl (C=O) groups is 1. The number of benzene rings is 2. The van der Waals surface area contributed by atoms with Gasteiger partial charge in [-0.05, 0) is 67.0 Å². The van der Waals surface area contributed by atoms with Crippen molar-refractivity contribution in [2.75, 3.05) is 5.73 Å². The van der Waals surface area contributed by atoms with Crippen LogP contribution in [0.3, 0.4) is 0 Å². The second kappa shape index (κ2) is 9.77. The van der Waals surface area contributed by atoms with Gasteiger partial charge >= 0.3 is 0 Å². The predicted octanol–water partition coefficient (Wildman–Crippen LogP) is 7.42. The Hall–Kier alpha value is -2.89. The van der Waals surface area contributed by atoms with Crippen molar-refractivity contribution in [1.82, 2.24) is 9.88 Å². The first-order valence-corrected chi connectivity index (χ1v) is 13.0. The largest absolute Gasteiger partial charge is 0.384 e. The summed E-state index contributed by atoms with van der Waals surface area (Å²) < 4.78 is 1.05. The summed E-state index contributed by atoms with van der Waals surface area (Å²) in [7, 11) is 0. The van der Waals surface area contributed by atoms with Gasteiger partial charge in [-0.3, -0.25) is 4.79 Å². The summed E-state index contributed by atoms with van der Waals surface area (Å²) in [4.78, 5) is 20.9. The number of carbonyl (C=O) groups excluding carboxylic acids is 1. The maximum atomic E-state index is 13.9. The van der Waals surface area contributed by atoms with Gasteiger partial charge in [-0.2, -0.15) is 0 Å². The fourth-order valence-electron chi connectivity index (χ4n) is 4.82. The maximum absolute atomic E-state index is 13.9. The molecule has 0 saturated heterocycles. The molecule has 1 amide bonds. The van der Waals surface area contributed by atoms with Gasteiger partial charge in [0.05, 0.1) is 5.02 Å². The monoisotopic (exact) mass is 489 g/mol. The Morgan fingerprint density at radius 1 is 1.06 bits per heavy atom. The number of fused-ring (bicyclic) bond motifs is 1. The van der Waals surface area contributed by atoms with Crippen LogP contribution < -0.4 is 5.73 Å². The minimum absolute atomic E-state index is 0.0327. The molecule has 1 saturated carbocycles. The van der Waals surface area contributed by atoms with Gasteiger partial charge in [0, 0.05) is 34.4 Å². The minimum Gasteiger partial charge on any atom is -0.384 e. The van der Waals surface area contributed by atoms with E-state index in [1.165, 1.54) is 11.3 Å². The van der Waals surface area contributed by atoms with Crippen LogP contribution in [0.5, 0.6) is 0 Å². The van der Waals surface area contributed by atoms with Crippen molar-refractivity contribution >= 4 is 44.7 Å². The van der Waals surface area contributed by atoms with E-state index in [2.05, 4.69) is 35.0 Å². The smallest absolute Gasteiger partial charge is 0.266 e. The zero-order valence-electron chi connectivity index (χ0n) is 19.2. The topological polar surface area (TPSA) is 59.2 Å². The molecule has 4 nitrogen and oxygen atoms in total. The van der Waals surface area contributed by atoms with Crippen LogP contribution in [-0.4, -0.2) is 21.8 Å². The SMILES string of the molecule is C[C@H]1CC[C@H](N(Cc2cccc(-c3ccc(N)nc3)c2)C(=O)c2sc3ccccc3c2Cl)CC1. The molecular weight excluding hydrogens is 462 g/mol. The Morgan fingerprint density at radius 2 is 1.85 bits per heavy atom. The number of nitrogen functional groups attached to an aromatic ring is 1. The van der Waals surface area contributed by atoms with Crippen molar-refractivity contribution < 1.29 is 4.79 Å². The average Bonchev–Trinajstić information content (AvgIpc) is 3.20. The summed E-state index contributed by atoms with van der Waals surface area (Å²) in [5.74, 6) is 1.25. The van der Waals surface area contributed by atoms with E-state index < -0.39 is 0 Å². The molecule has 5 rings (SSSR count). The molecule has 1 fully saturated rings. The highest BCUT2D eigenvalue weighted by Gasteiger charge is 2.31. The third kappa shape index (κ3) is 4.68. The van der Waals surface area contributed by atoms with Crippen LogP contribution in [0.25, 0.3) is 21.2 Å². The van der Waals surface area contributed by atoms with Gasteiger partial charge in [0.15, 0.2) is 0 Å². The van der Waals surface area contributed by atoms with Crippen LogP contribution in [0.1, 0.15) is 47.8 Å². The van der Waals surface area contributed by atoms with E-state index in [0.717, 1.165) is 52.5 Å². The summed E-state index contributed by atoms with van der Waals surface area (Å²) in [5.41, 5.74) is 8.92. The fraction of sp³-hybridized carbons (Fsp3) is 0.286. The fourth-order valence-corrected chi connectivity index (χ4v) is 6.29. The molecule has 0 aliphatic heterocycles. The Morgan fingerprint density at radius 3 is 2.59 bits per heavy atom. The third-order valence-electron chi connectivity index (χ3n) is 6.82. The van der Waals surface area contributed by atoms with Crippen LogP contribution in [0.4, 0.5) is 5.82 Å². The lowest BCUT2D eigenvalue weighted by atomic mass is 9.86. The summed E-state index contributed by atoms with van der Waals surface area (Å²) in [5, 5.41) is 1.52. The highest BCUT2D eigenvalue weighted by molar-refractivity contribution is 7.21. The van der Waals surface area contributed by atoms with Crippen molar-refractivity contribution in [2.45, 2.75) is 45.2 Å². The molecule has 0 bridgehead atoms. The molecule has 2 N–H and O–H groups in total. The Kier molecular flexibility index (Phi) is 6.57. The van der Waals surface area contributed by atoms with Crippen LogP contribution >= 0.6 is 22.9 Å². The molecule has 4 aromatic rings. The van der Waals surface area contributed by atoms with Gasteiger partial charge in [-0.15, -0.1) is 11.3 Å². The molecule has 174 valence electrons. The molecule has 2 aromatic carbocycles. The highest BCUT2D eigenvalue weighted by atomic mass is 35.5. The first-order chi connectivity index (χ1) is 16.5.